The van der Waals surface area contributed by atoms with Gasteiger partial charge in [0.2, 0.25) is 5.78 Å². The molecule has 3 heterocycles. The van der Waals surface area contributed by atoms with Crippen molar-refractivity contribution < 1.29 is 29.0 Å². The predicted molar refractivity (Wildman–Crippen MR) is 111 cm³/mol. The van der Waals surface area contributed by atoms with E-state index in [1.807, 2.05) is 37.3 Å². The van der Waals surface area contributed by atoms with Crippen molar-refractivity contribution in [2.75, 3.05) is 26.3 Å². The number of phenolic OH excluding ortho intramolecular Hbond substituents is 1. The highest BCUT2D eigenvalue weighted by atomic mass is 16.5. The van der Waals surface area contributed by atoms with Crippen molar-refractivity contribution in [3.63, 3.8) is 0 Å². The number of Topliss-reactive ketones (excluding diaryl/α,β-unsaturated/α-hetero) is 1. The van der Waals surface area contributed by atoms with Crippen molar-refractivity contribution in [3.05, 3.63) is 70.5 Å². The Labute approximate surface area is 175 Å². The van der Waals surface area contributed by atoms with Gasteiger partial charge >= 0.3 is 0 Å². The standard InChI is InChI=1S/C24H23NO5/c1-15-17(12-16-4-2-3-5-21(16)29-15)13-22-23(27)18-6-7-20(26)19(24(18)30-22)14-25-8-10-28-11-9-25/h2-7,12-13,15,26H,8-11,14H2,1H3/p+1/b22-13-/t15-/m1/s1. The van der Waals surface area contributed by atoms with Gasteiger partial charge in [0, 0.05) is 5.56 Å². The summed E-state index contributed by atoms with van der Waals surface area (Å²) in [5.74, 6) is 1.54. The molecule has 1 saturated heterocycles. The van der Waals surface area contributed by atoms with E-state index in [2.05, 4.69) is 0 Å². The van der Waals surface area contributed by atoms with Crippen molar-refractivity contribution in [1.82, 2.24) is 0 Å². The highest BCUT2D eigenvalue weighted by Gasteiger charge is 2.33. The molecule has 0 amide bonds. The van der Waals surface area contributed by atoms with Crippen LogP contribution in [0.5, 0.6) is 17.2 Å². The second-order valence-electron chi connectivity index (χ2n) is 7.86. The number of aromatic hydroxyl groups is 1. The van der Waals surface area contributed by atoms with Gasteiger partial charge in [-0.3, -0.25) is 4.79 Å². The van der Waals surface area contributed by atoms with E-state index < -0.39 is 0 Å². The molecule has 3 aliphatic heterocycles. The van der Waals surface area contributed by atoms with Crippen LogP contribution < -0.4 is 14.4 Å². The lowest BCUT2D eigenvalue weighted by atomic mass is 10.0. The third-order valence-electron chi connectivity index (χ3n) is 5.85. The summed E-state index contributed by atoms with van der Waals surface area (Å²) in [4.78, 5) is 14.3. The monoisotopic (exact) mass is 406 g/mol. The van der Waals surface area contributed by atoms with Gasteiger partial charge in [-0.05, 0) is 42.8 Å². The van der Waals surface area contributed by atoms with Crippen molar-refractivity contribution in [2.24, 2.45) is 0 Å². The second-order valence-corrected chi connectivity index (χ2v) is 7.86. The molecule has 2 aromatic carbocycles. The molecule has 5 rings (SSSR count). The van der Waals surface area contributed by atoms with Crippen LogP contribution in [0.3, 0.4) is 0 Å². The maximum absolute atomic E-state index is 13.0. The summed E-state index contributed by atoms with van der Waals surface area (Å²) in [7, 11) is 0. The molecule has 6 heteroatoms. The SMILES string of the molecule is C[C@H]1Oc2ccccc2C=C1/C=C1\Oc2c(ccc(O)c2C[NH+]2CCOCC2)C1=O. The van der Waals surface area contributed by atoms with Crippen LogP contribution >= 0.6 is 0 Å². The maximum atomic E-state index is 13.0. The van der Waals surface area contributed by atoms with Gasteiger partial charge in [-0.15, -0.1) is 0 Å². The molecule has 6 nitrogen and oxygen atoms in total. The number of carbonyl (C=O) groups excluding carboxylic acids is 1. The van der Waals surface area contributed by atoms with E-state index in [9.17, 15) is 9.90 Å². The molecule has 0 aromatic heterocycles. The average Bonchev–Trinajstić information content (AvgIpc) is 3.07. The molecular weight excluding hydrogens is 382 g/mol. The molecule has 3 aliphatic rings. The average molecular weight is 406 g/mol. The van der Waals surface area contributed by atoms with Gasteiger partial charge in [0.25, 0.3) is 0 Å². The van der Waals surface area contributed by atoms with Gasteiger partial charge in [0.05, 0.1) is 24.3 Å². The van der Waals surface area contributed by atoms with Crippen molar-refractivity contribution in [1.29, 1.82) is 0 Å². The molecular formula is C24H24NO5+. The first-order chi connectivity index (χ1) is 14.6. The summed E-state index contributed by atoms with van der Waals surface area (Å²) < 4.78 is 17.4. The van der Waals surface area contributed by atoms with E-state index in [1.54, 1.807) is 18.2 Å². The zero-order valence-corrected chi connectivity index (χ0v) is 16.8. The Bertz CT molecular complexity index is 1070. The third kappa shape index (κ3) is 3.38. The molecule has 0 aliphatic carbocycles. The van der Waals surface area contributed by atoms with Crippen LogP contribution in [0.15, 0.2) is 53.8 Å². The molecule has 30 heavy (non-hydrogen) atoms. The molecule has 154 valence electrons. The van der Waals surface area contributed by atoms with Crippen LogP contribution in [-0.4, -0.2) is 43.3 Å². The van der Waals surface area contributed by atoms with E-state index in [1.165, 1.54) is 4.90 Å². The molecule has 0 saturated carbocycles. The number of ether oxygens (including phenoxy) is 3. The Morgan fingerprint density at radius 3 is 2.80 bits per heavy atom. The van der Waals surface area contributed by atoms with Crippen LogP contribution in [0.1, 0.15) is 28.4 Å². The minimum atomic E-state index is -0.196. The molecule has 0 bridgehead atoms. The first kappa shape index (κ1) is 18.9. The number of fused-ring (bicyclic) bond motifs is 2. The van der Waals surface area contributed by atoms with Gasteiger partial charge < -0.3 is 24.2 Å². The summed E-state index contributed by atoms with van der Waals surface area (Å²) in [6.07, 6.45) is 3.58. The lowest BCUT2D eigenvalue weighted by Gasteiger charge is -2.24. The Balaban J connectivity index is 1.46. The third-order valence-corrected chi connectivity index (χ3v) is 5.85. The normalized spacial score (nSPS) is 22.2. The van der Waals surface area contributed by atoms with Crippen LogP contribution in [0.4, 0.5) is 0 Å². The lowest BCUT2D eigenvalue weighted by molar-refractivity contribution is -0.921. The highest BCUT2D eigenvalue weighted by Crippen LogP contribution is 2.39. The van der Waals surface area contributed by atoms with Gasteiger partial charge in [-0.2, -0.15) is 0 Å². The number of rotatable bonds is 3. The number of nitrogens with one attached hydrogen (secondary N) is 1. The van der Waals surface area contributed by atoms with Gasteiger partial charge in [0.15, 0.2) is 11.5 Å². The summed E-state index contributed by atoms with van der Waals surface area (Å²) >= 11 is 0. The van der Waals surface area contributed by atoms with Crippen LogP contribution in [0.2, 0.25) is 0 Å². The van der Waals surface area contributed by atoms with Crippen molar-refractivity contribution in [3.8, 4) is 17.2 Å². The van der Waals surface area contributed by atoms with E-state index in [4.69, 9.17) is 14.2 Å². The molecule has 2 aromatic rings. The first-order valence-corrected chi connectivity index (χ1v) is 10.3. The molecule has 1 fully saturated rings. The topological polar surface area (TPSA) is 69.4 Å². The van der Waals surface area contributed by atoms with E-state index in [0.29, 0.717) is 36.6 Å². The van der Waals surface area contributed by atoms with E-state index in [0.717, 1.165) is 30.0 Å². The fourth-order valence-corrected chi connectivity index (χ4v) is 4.13. The van der Waals surface area contributed by atoms with Crippen molar-refractivity contribution in [2.45, 2.75) is 19.6 Å². The molecule has 2 N–H and O–H groups in total. The number of hydrogen-bond donors (Lipinski definition) is 2. The van der Waals surface area contributed by atoms with Crippen LogP contribution in [0.25, 0.3) is 6.08 Å². The summed E-state index contributed by atoms with van der Waals surface area (Å²) in [5, 5.41) is 10.5. The fraction of sp³-hybridized carbons (Fsp3) is 0.292. The highest BCUT2D eigenvalue weighted by molar-refractivity contribution is 6.13. The van der Waals surface area contributed by atoms with E-state index in [-0.39, 0.29) is 23.4 Å². The molecule has 0 spiro atoms. The minimum Gasteiger partial charge on any atom is -0.507 e. The molecule has 0 radical (unpaired) electrons. The number of morpholine rings is 1. The molecule has 1 atom stereocenters. The van der Waals surface area contributed by atoms with E-state index >= 15 is 0 Å². The van der Waals surface area contributed by atoms with Crippen molar-refractivity contribution >= 4 is 11.9 Å². The smallest absolute Gasteiger partial charge is 0.231 e. The van der Waals surface area contributed by atoms with Gasteiger partial charge in [-0.25, -0.2) is 0 Å². The summed E-state index contributed by atoms with van der Waals surface area (Å²) in [5.41, 5.74) is 3.01. The van der Waals surface area contributed by atoms with Crippen LogP contribution in [-0.2, 0) is 11.3 Å². The fourth-order valence-electron chi connectivity index (χ4n) is 4.13. The summed E-state index contributed by atoms with van der Waals surface area (Å²) in [6, 6.07) is 11.0. The number of quaternary nitrogens is 1. The Hall–Kier alpha value is -3.09. The predicted octanol–water partition coefficient (Wildman–Crippen LogP) is 2.13. The first-order valence-electron chi connectivity index (χ1n) is 10.3. The summed E-state index contributed by atoms with van der Waals surface area (Å²) in [6.45, 7) is 5.66. The number of ketones is 1. The Morgan fingerprint density at radius 2 is 1.97 bits per heavy atom. The number of allylic oxidation sites excluding steroid dienone is 1. The zero-order chi connectivity index (χ0) is 20.7. The molecule has 0 unspecified atom stereocenters. The zero-order valence-electron chi connectivity index (χ0n) is 16.8. The number of phenols is 1. The van der Waals surface area contributed by atoms with Gasteiger partial charge in [0.1, 0.15) is 37.2 Å². The Kier molecular flexibility index (Phi) is 4.81. The van der Waals surface area contributed by atoms with Gasteiger partial charge in [-0.1, -0.05) is 18.2 Å². The van der Waals surface area contributed by atoms with Crippen LogP contribution in [0, 0.1) is 0 Å². The Morgan fingerprint density at radius 1 is 1.17 bits per heavy atom. The lowest BCUT2D eigenvalue weighted by Crippen LogP contribution is -3.12. The second kappa shape index (κ2) is 7.63. The number of benzene rings is 2. The maximum Gasteiger partial charge on any atom is 0.231 e. The quantitative estimate of drug-likeness (QED) is 0.765. The largest absolute Gasteiger partial charge is 0.507 e. The number of hydrogen-bond acceptors (Lipinski definition) is 5. The minimum absolute atomic E-state index is 0.157. The number of carbonyl (C=O) groups is 1. The number of para-hydroxylation sites is 1.